The van der Waals surface area contributed by atoms with Gasteiger partial charge in [0, 0.05) is 29.4 Å². The van der Waals surface area contributed by atoms with Crippen LogP contribution in [0.15, 0.2) is 77.4 Å². The normalized spacial score (nSPS) is 10.5. The molecule has 0 aliphatic heterocycles. The summed E-state index contributed by atoms with van der Waals surface area (Å²) in [5.41, 5.74) is 1.91. The number of nitrogens with zero attached hydrogens (tertiary/aromatic N) is 3. The Morgan fingerprint density at radius 2 is 1.78 bits per heavy atom. The van der Waals surface area contributed by atoms with Crippen LogP contribution in [0.25, 0.3) is 5.69 Å². The van der Waals surface area contributed by atoms with E-state index < -0.39 is 16.7 Å². The molecule has 2 aromatic carbocycles. The lowest BCUT2D eigenvalue weighted by Crippen LogP contribution is -2.16. The lowest BCUT2D eigenvalue weighted by molar-refractivity contribution is -0.384. The summed E-state index contributed by atoms with van der Waals surface area (Å²) in [7, 11) is 0. The monoisotopic (exact) mass is 431 g/mol. The highest BCUT2D eigenvalue weighted by molar-refractivity contribution is 6.06. The number of amides is 2. The van der Waals surface area contributed by atoms with Gasteiger partial charge in [-0.15, -0.1) is 0 Å². The first-order valence-electron chi connectivity index (χ1n) is 9.48. The molecule has 4 rings (SSSR count). The predicted molar refractivity (Wildman–Crippen MR) is 116 cm³/mol. The van der Waals surface area contributed by atoms with Gasteiger partial charge in [0.05, 0.1) is 22.6 Å². The molecule has 0 aliphatic rings. The number of carbonyl (C=O) groups excluding carboxylic acids is 2. The summed E-state index contributed by atoms with van der Waals surface area (Å²) in [6.07, 6.45) is 1.40. The summed E-state index contributed by atoms with van der Waals surface area (Å²) >= 11 is 0. The number of benzene rings is 2. The molecule has 0 spiro atoms. The molecule has 10 nitrogen and oxygen atoms in total. The number of anilines is 2. The van der Waals surface area contributed by atoms with Crippen LogP contribution in [0.5, 0.6) is 0 Å². The molecule has 0 unspecified atom stereocenters. The highest BCUT2D eigenvalue weighted by atomic mass is 16.6. The van der Waals surface area contributed by atoms with Crippen LogP contribution in [0.3, 0.4) is 0 Å². The van der Waals surface area contributed by atoms with E-state index in [-0.39, 0.29) is 11.4 Å². The Hall–Kier alpha value is -4.73. The van der Waals surface area contributed by atoms with Gasteiger partial charge < -0.3 is 15.1 Å². The topological polar surface area (TPSA) is 132 Å². The van der Waals surface area contributed by atoms with Crippen LogP contribution in [0, 0.1) is 17.0 Å². The van der Waals surface area contributed by atoms with Crippen molar-refractivity contribution in [2.75, 3.05) is 10.6 Å². The van der Waals surface area contributed by atoms with E-state index in [1.807, 2.05) is 0 Å². The molecule has 0 aliphatic carbocycles. The van der Waals surface area contributed by atoms with Crippen molar-refractivity contribution in [2.45, 2.75) is 6.92 Å². The first-order chi connectivity index (χ1) is 15.4. The van der Waals surface area contributed by atoms with E-state index in [0.29, 0.717) is 28.5 Å². The van der Waals surface area contributed by atoms with Crippen molar-refractivity contribution < 1.29 is 18.9 Å². The van der Waals surface area contributed by atoms with Gasteiger partial charge in [0.1, 0.15) is 5.82 Å². The maximum atomic E-state index is 12.8. The van der Waals surface area contributed by atoms with Gasteiger partial charge in [0.25, 0.3) is 17.5 Å². The molecule has 2 heterocycles. The number of hydrogen-bond acceptors (Lipinski definition) is 6. The van der Waals surface area contributed by atoms with E-state index in [1.165, 1.54) is 35.2 Å². The van der Waals surface area contributed by atoms with Crippen molar-refractivity contribution in [1.29, 1.82) is 0 Å². The van der Waals surface area contributed by atoms with Crippen LogP contribution < -0.4 is 10.6 Å². The number of nitro benzene ring substituents is 1. The number of aromatic nitrogens is 2. The standard InChI is InChI=1S/C22H17N5O5/c1-14-12-20(26(25-14)17-7-9-18(10-8-17)27(30)31)24-21(28)15-4-2-5-16(13-15)23-22(29)19-6-3-11-32-19/h2-13H,1H3,(H,23,29)(H,24,28). The molecular formula is C22H17N5O5. The van der Waals surface area contributed by atoms with E-state index in [9.17, 15) is 19.7 Å². The minimum Gasteiger partial charge on any atom is -0.459 e. The number of non-ortho nitro benzene ring substituents is 1. The van der Waals surface area contributed by atoms with Crippen molar-refractivity contribution in [3.63, 3.8) is 0 Å². The molecule has 0 atom stereocenters. The molecule has 0 bridgehead atoms. The second-order valence-electron chi connectivity index (χ2n) is 6.82. The van der Waals surface area contributed by atoms with Gasteiger partial charge in [-0.1, -0.05) is 6.07 Å². The fourth-order valence-electron chi connectivity index (χ4n) is 3.03. The van der Waals surface area contributed by atoms with Gasteiger partial charge in [-0.3, -0.25) is 19.7 Å². The van der Waals surface area contributed by atoms with Crippen molar-refractivity contribution in [3.05, 3.63) is 100 Å². The smallest absolute Gasteiger partial charge is 0.291 e. The highest BCUT2D eigenvalue weighted by Crippen LogP contribution is 2.21. The molecule has 10 heteroatoms. The second kappa shape index (κ2) is 8.56. The summed E-state index contributed by atoms with van der Waals surface area (Å²) in [5, 5.41) is 20.7. The summed E-state index contributed by atoms with van der Waals surface area (Å²) in [5.74, 6) is -0.296. The maximum absolute atomic E-state index is 12.8. The van der Waals surface area contributed by atoms with Crippen molar-refractivity contribution in [2.24, 2.45) is 0 Å². The molecule has 4 aromatic rings. The Bertz CT molecular complexity index is 1290. The van der Waals surface area contributed by atoms with Crippen LogP contribution >= 0.6 is 0 Å². The number of furan rings is 1. The van der Waals surface area contributed by atoms with Gasteiger partial charge in [-0.25, -0.2) is 4.68 Å². The Labute approximate surface area is 181 Å². The van der Waals surface area contributed by atoms with Gasteiger partial charge in [-0.05, 0) is 49.4 Å². The Kier molecular flexibility index (Phi) is 5.49. The third kappa shape index (κ3) is 4.38. The van der Waals surface area contributed by atoms with Gasteiger partial charge in [-0.2, -0.15) is 5.10 Å². The van der Waals surface area contributed by atoms with Crippen LogP contribution in [0.2, 0.25) is 0 Å². The average Bonchev–Trinajstić information content (AvgIpc) is 3.44. The van der Waals surface area contributed by atoms with Crippen LogP contribution in [-0.4, -0.2) is 26.5 Å². The van der Waals surface area contributed by atoms with Gasteiger partial charge in [0.2, 0.25) is 0 Å². The molecule has 2 amide bonds. The molecule has 0 saturated carbocycles. The van der Waals surface area contributed by atoms with E-state index in [1.54, 1.807) is 49.4 Å². The summed E-state index contributed by atoms with van der Waals surface area (Å²) in [6, 6.07) is 17.1. The first-order valence-corrected chi connectivity index (χ1v) is 9.48. The number of rotatable bonds is 6. The zero-order valence-electron chi connectivity index (χ0n) is 16.8. The Morgan fingerprint density at radius 3 is 2.47 bits per heavy atom. The molecule has 2 aromatic heterocycles. The number of nitro groups is 1. The quantitative estimate of drug-likeness (QED) is 0.347. The molecule has 0 fully saturated rings. The van der Waals surface area contributed by atoms with E-state index >= 15 is 0 Å². The molecule has 0 radical (unpaired) electrons. The Morgan fingerprint density at radius 1 is 1.00 bits per heavy atom. The fourth-order valence-corrected chi connectivity index (χ4v) is 3.03. The van der Waals surface area contributed by atoms with E-state index in [0.717, 1.165) is 0 Å². The van der Waals surface area contributed by atoms with Gasteiger partial charge >= 0.3 is 0 Å². The lowest BCUT2D eigenvalue weighted by Gasteiger charge is -2.10. The summed E-state index contributed by atoms with van der Waals surface area (Å²) in [6.45, 7) is 1.77. The minimum absolute atomic E-state index is 0.0448. The molecular weight excluding hydrogens is 414 g/mol. The molecule has 0 saturated heterocycles. The number of hydrogen-bond donors (Lipinski definition) is 2. The SMILES string of the molecule is Cc1cc(NC(=O)c2cccc(NC(=O)c3ccco3)c2)n(-c2ccc([N+](=O)[O-])cc2)n1. The number of nitrogens with one attached hydrogen (secondary N) is 2. The lowest BCUT2D eigenvalue weighted by atomic mass is 10.2. The number of aryl methyl sites for hydroxylation is 1. The maximum Gasteiger partial charge on any atom is 0.291 e. The van der Waals surface area contributed by atoms with Gasteiger partial charge in [0.15, 0.2) is 5.76 Å². The van der Waals surface area contributed by atoms with Crippen LogP contribution in [0.4, 0.5) is 17.2 Å². The number of carbonyl (C=O) groups is 2. The first kappa shape index (κ1) is 20.5. The molecule has 32 heavy (non-hydrogen) atoms. The van der Waals surface area contributed by atoms with Crippen molar-refractivity contribution in [1.82, 2.24) is 9.78 Å². The van der Waals surface area contributed by atoms with Crippen molar-refractivity contribution in [3.8, 4) is 5.69 Å². The fraction of sp³-hybridized carbons (Fsp3) is 0.0455. The molecule has 2 N–H and O–H groups in total. The van der Waals surface area contributed by atoms with Crippen molar-refractivity contribution >= 4 is 29.0 Å². The predicted octanol–water partition coefficient (Wildman–Crippen LogP) is 4.19. The zero-order valence-corrected chi connectivity index (χ0v) is 16.8. The summed E-state index contributed by atoms with van der Waals surface area (Å²) < 4.78 is 6.55. The van der Waals surface area contributed by atoms with E-state index in [2.05, 4.69) is 15.7 Å². The Balaban J connectivity index is 1.53. The third-order valence-corrected chi connectivity index (χ3v) is 4.51. The largest absolute Gasteiger partial charge is 0.459 e. The van der Waals surface area contributed by atoms with Crippen LogP contribution in [0.1, 0.15) is 26.6 Å². The van der Waals surface area contributed by atoms with E-state index in [4.69, 9.17) is 4.42 Å². The van der Waals surface area contributed by atoms with Crippen LogP contribution in [-0.2, 0) is 0 Å². The highest BCUT2D eigenvalue weighted by Gasteiger charge is 2.15. The minimum atomic E-state index is -0.488. The average molecular weight is 431 g/mol. The summed E-state index contributed by atoms with van der Waals surface area (Å²) in [4.78, 5) is 35.4. The second-order valence-corrected chi connectivity index (χ2v) is 6.82. The third-order valence-electron chi connectivity index (χ3n) is 4.51. The zero-order chi connectivity index (χ0) is 22.7. The molecule has 160 valence electrons.